The molecule has 4 heteroatoms. The summed E-state index contributed by atoms with van der Waals surface area (Å²) < 4.78 is 0. The van der Waals surface area contributed by atoms with Crippen LogP contribution in [0.1, 0.15) is 24.2 Å². The van der Waals surface area contributed by atoms with Crippen LogP contribution in [0.4, 0.5) is 0 Å². The molecule has 2 unspecified atom stereocenters. The van der Waals surface area contributed by atoms with E-state index in [1.807, 2.05) is 6.07 Å². The van der Waals surface area contributed by atoms with Gasteiger partial charge in [-0.1, -0.05) is 0 Å². The van der Waals surface area contributed by atoms with Crippen LogP contribution in [0.3, 0.4) is 0 Å². The van der Waals surface area contributed by atoms with E-state index < -0.39 is 12.1 Å². The number of aliphatic hydroxyl groups excluding tert-OH is 1. The summed E-state index contributed by atoms with van der Waals surface area (Å²) in [6, 6.07) is 4.74. The predicted molar refractivity (Wildman–Crippen MR) is 47.6 cm³/mol. The van der Waals surface area contributed by atoms with Gasteiger partial charge in [-0.2, -0.15) is 5.26 Å². The Labute approximate surface area is 76.6 Å². The third-order valence-corrected chi connectivity index (χ3v) is 1.78. The SMILES string of the molecule is CC(O)C(N)c1ccc(C#N)cn1. The van der Waals surface area contributed by atoms with Crippen molar-refractivity contribution in [2.75, 3.05) is 0 Å². The van der Waals surface area contributed by atoms with Crippen molar-refractivity contribution in [1.29, 1.82) is 5.26 Å². The lowest BCUT2D eigenvalue weighted by molar-refractivity contribution is 0.162. The summed E-state index contributed by atoms with van der Waals surface area (Å²) in [5.41, 5.74) is 6.71. The van der Waals surface area contributed by atoms with Crippen molar-refractivity contribution in [1.82, 2.24) is 4.98 Å². The van der Waals surface area contributed by atoms with E-state index in [4.69, 9.17) is 11.0 Å². The first-order valence-corrected chi connectivity index (χ1v) is 3.95. The Hall–Kier alpha value is -1.44. The quantitative estimate of drug-likeness (QED) is 0.682. The molecule has 0 amide bonds. The van der Waals surface area contributed by atoms with Gasteiger partial charge in [0, 0.05) is 6.20 Å². The highest BCUT2D eigenvalue weighted by atomic mass is 16.3. The summed E-state index contributed by atoms with van der Waals surface area (Å²) in [4.78, 5) is 3.96. The van der Waals surface area contributed by atoms with Gasteiger partial charge in [0.15, 0.2) is 0 Å². The predicted octanol–water partition coefficient (Wildman–Crippen LogP) is 0.334. The minimum absolute atomic E-state index is 0.488. The van der Waals surface area contributed by atoms with E-state index in [0.29, 0.717) is 11.3 Å². The summed E-state index contributed by atoms with van der Waals surface area (Å²) in [5.74, 6) is 0. The molecule has 0 aliphatic rings. The number of aliphatic hydroxyl groups is 1. The number of aromatic nitrogens is 1. The highest BCUT2D eigenvalue weighted by Gasteiger charge is 2.12. The number of nitrogens with two attached hydrogens (primary N) is 1. The fraction of sp³-hybridized carbons (Fsp3) is 0.333. The third kappa shape index (κ3) is 2.25. The highest BCUT2D eigenvalue weighted by molar-refractivity contribution is 5.27. The van der Waals surface area contributed by atoms with Gasteiger partial charge in [-0.05, 0) is 19.1 Å². The minimum Gasteiger partial charge on any atom is -0.391 e. The summed E-state index contributed by atoms with van der Waals surface area (Å²) in [6.07, 6.45) is 0.804. The second kappa shape index (κ2) is 3.99. The molecule has 0 bridgehead atoms. The van der Waals surface area contributed by atoms with Gasteiger partial charge in [-0.15, -0.1) is 0 Å². The zero-order valence-electron chi connectivity index (χ0n) is 7.31. The Bertz CT molecular complexity index is 313. The molecule has 4 nitrogen and oxygen atoms in total. The maximum Gasteiger partial charge on any atom is 0.101 e. The van der Waals surface area contributed by atoms with Crippen molar-refractivity contribution in [3.8, 4) is 6.07 Å². The van der Waals surface area contributed by atoms with Gasteiger partial charge in [0.2, 0.25) is 0 Å². The Morgan fingerprint density at radius 1 is 1.62 bits per heavy atom. The first kappa shape index (κ1) is 9.65. The molecule has 68 valence electrons. The van der Waals surface area contributed by atoms with Gasteiger partial charge < -0.3 is 10.8 Å². The van der Waals surface area contributed by atoms with E-state index in [-0.39, 0.29) is 0 Å². The molecule has 0 aromatic carbocycles. The van der Waals surface area contributed by atoms with E-state index in [2.05, 4.69) is 4.98 Å². The lowest BCUT2D eigenvalue weighted by Gasteiger charge is -2.13. The van der Waals surface area contributed by atoms with Crippen LogP contribution in [-0.4, -0.2) is 16.2 Å². The first-order chi connectivity index (χ1) is 6.15. The van der Waals surface area contributed by atoms with Crippen LogP contribution in [-0.2, 0) is 0 Å². The van der Waals surface area contributed by atoms with Gasteiger partial charge in [0.25, 0.3) is 0 Å². The largest absolute Gasteiger partial charge is 0.391 e. The Kier molecular flexibility index (Phi) is 2.96. The van der Waals surface area contributed by atoms with Crippen LogP contribution in [0.5, 0.6) is 0 Å². The second-order valence-electron chi connectivity index (χ2n) is 2.85. The maximum absolute atomic E-state index is 9.17. The van der Waals surface area contributed by atoms with Crippen LogP contribution in [0.2, 0.25) is 0 Å². The summed E-state index contributed by atoms with van der Waals surface area (Å²) in [7, 11) is 0. The Morgan fingerprint density at radius 3 is 2.69 bits per heavy atom. The molecule has 0 spiro atoms. The van der Waals surface area contributed by atoms with Gasteiger partial charge >= 0.3 is 0 Å². The molecule has 13 heavy (non-hydrogen) atoms. The maximum atomic E-state index is 9.17. The number of nitriles is 1. The normalized spacial score (nSPS) is 14.6. The van der Waals surface area contributed by atoms with Crippen LogP contribution in [0.25, 0.3) is 0 Å². The molecule has 2 atom stereocenters. The minimum atomic E-state index is -0.638. The molecular weight excluding hydrogens is 166 g/mol. The monoisotopic (exact) mass is 177 g/mol. The Morgan fingerprint density at radius 2 is 2.31 bits per heavy atom. The average Bonchev–Trinajstić information content (AvgIpc) is 2.17. The smallest absolute Gasteiger partial charge is 0.101 e. The van der Waals surface area contributed by atoms with E-state index in [1.165, 1.54) is 6.20 Å². The number of nitrogens with zero attached hydrogens (tertiary/aromatic N) is 2. The van der Waals surface area contributed by atoms with Gasteiger partial charge in [-0.3, -0.25) is 4.98 Å². The highest BCUT2D eigenvalue weighted by Crippen LogP contribution is 2.11. The number of pyridine rings is 1. The molecule has 0 radical (unpaired) electrons. The van der Waals surface area contributed by atoms with Crippen molar-refractivity contribution in [3.63, 3.8) is 0 Å². The zero-order valence-corrected chi connectivity index (χ0v) is 7.31. The molecule has 1 aromatic heterocycles. The van der Waals surface area contributed by atoms with Crippen molar-refractivity contribution >= 4 is 0 Å². The van der Waals surface area contributed by atoms with E-state index in [1.54, 1.807) is 19.1 Å². The molecule has 0 saturated carbocycles. The van der Waals surface area contributed by atoms with Crippen LogP contribution >= 0.6 is 0 Å². The molecule has 1 heterocycles. The molecule has 3 N–H and O–H groups in total. The van der Waals surface area contributed by atoms with Crippen LogP contribution in [0, 0.1) is 11.3 Å². The third-order valence-electron chi connectivity index (χ3n) is 1.78. The van der Waals surface area contributed by atoms with Crippen molar-refractivity contribution in [2.45, 2.75) is 19.1 Å². The number of hydrogen-bond donors (Lipinski definition) is 2. The van der Waals surface area contributed by atoms with E-state index in [9.17, 15) is 5.11 Å². The summed E-state index contributed by atoms with van der Waals surface area (Å²) >= 11 is 0. The van der Waals surface area contributed by atoms with Gasteiger partial charge in [0.05, 0.1) is 23.4 Å². The van der Waals surface area contributed by atoms with E-state index >= 15 is 0 Å². The fourth-order valence-electron chi connectivity index (χ4n) is 0.916. The second-order valence-corrected chi connectivity index (χ2v) is 2.85. The molecule has 1 rings (SSSR count). The van der Waals surface area contributed by atoms with Gasteiger partial charge in [0.1, 0.15) is 6.07 Å². The van der Waals surface area contributed by atoms with Gasteiger partial charge in [-0.25, -0.2) is 0 Å². The Balaban J connectivity index is 2.87. The number of hydrogen-bond acceptors (Lipinski definition) is 4. The summed E-state index contributed by atoms with van der Waals surface area (Å²) in [6.45, 7) is 1.60. The molecular formula is C9H11N3O. The number of rotatable bonds is 2. The average molecular weight is 177 g/mol. The summed E-state index contributed by atoms with van der Waals surface area (Å²) in [5, 5.41) is 17.7. The standard InChI is InChI=1S/C9H11N3O/c1-6(13)9(11)8-3-2-7(4-10)5-12-8/h2-3,5-6,9,13H,11H2,1H3. The van der Waals surface area contributed by atoms with Crippen LogP contribution in [0.15, 0.2) is 18.3 Å². The molecule has 0 fully saturated rings. The van der Waals surface area contributed by atoms with Crippen molar-refractivity contribution < 1.29 is 5.11 Å². The first-order valence-electron chi connectivity index (χ1n) is 3.95. The van der Waals surface area contributed by atoms with E-state index in [0.717, 1.165) is 0 Å². The molecule has 0 aliphatic carbocycles. The lowest BCUT2D eigenvalue weighted by Crippen LogP contribution is -2.24. The molecule has 1 aromatic rings. The zero-order chi connectivity index (χ0) is 9.84. The van der Waals surface area contributed by atoms with Crippen molar-refractivity contribution in [2.24, 2.45) is 5.73 Å². The fourth-order valence-corrected chi connectivity index (χ4v) is 0.916. The van der Waals surface area contributed by atoms with Crippen LogP contribution < -0.4 is 5.73 Å². The molecule has 0 saturated heterocycles. The topological polar surface area (TPSA) is 82.9 Å². The van der Waals surface area contributed by atoms with Crippen molar-refractivity contribution in [3.05, 3.63) is 29.6 Å². The lowest BCUT2D eigenvalue weighted by atomic mass is 10.1. The molecule has 0 aliphatic heterocycles.